The first-order valence-electron chi connectivity index (χ1n) is 12.5. The van der Waals surface area contributed by atoms with E-state index in [1.165, 1.54) is 12.8 Å². The lowest BCUT2D eigenvalue weighted by Gasteiger charge is -2.19. The summed E-state index contributed by atoms with van der Waals surface area (Å²) < 4.78 is 1.71. The quantitative estimate of drug-likeness (QED) is 0.331. The van der Waals surface area contributed by atoms with Gasteiger partial charge in [-0.2, -0.15) is 0 Å². The van der Waals surface area contributed by atoms with Gasteiger partial charge in [-0.05, 0) is 54.7 Å². The number of primary amides is 1. The number of nitrogens with one attached hydrogen (secondary N) is 1. The molecule has 0 spiro atoms. The van der Waals surface area contributed by atoms with E-state index >= 15 is 0 Å². The molecular weight excluding hydrogens is 474 g/mol. The Labute approximate surface area is 215 Å². The van der Waals surface area contributed by atoms with E-state index in [2.05, 4.69) is 10.3 Å². The maximum Gasteiger partial charge on any atom is 0.257 e. The van der Waals surface area contributed by atoms with Crippen LogP contribution in [0, 0.1) is 5.92 Å². The Morgan fingerprint density at radius 3 is 2.51 bits per heavy atom. The maximum absolute atomic E-state index is 12.9. The molecule has 0 saturated heterocycles. The summed E-state index contributed by atoms with van der Waals surface area (Å²) in [5, 5.41) is 21.6. The number of imidazole rings is 1. The molecule has 1 aliphatic carbocycles. The van der Waals surface area contributed by atoms with E-state index in [-0.39, 0.29) is 24.8 Å². The highest BCUT2D eigenvalue weighted by Gasteiger charge is 2.22. The minimum Gasteiger partial charge on any atom is -0.393 e. The Morgan fingerprint density at radius 2 is 1.86 bits per heavy atom. The van der Waals surface area contributed by atoms with Crippen molar-refractivity contribution in [1.29, 1.82) is 0 Å². The van der Waals surface area contributed by atoms with Crippen LogP contribution in [0.15, 0.2) is 42.5 Å². The number of nitrogens with two attached hydrogens (primary N) is 1. The molecule has 1 heterocycles. The number of benzene rings is 2. The molecule has 4 rings (SSSR count). The fraction of sp³-hybridized carbons (Fsp3) is 0.407. The minimum absolute atomic E-state index is 0.0581. The monoisotopic (exact) mass is 507 g/mol. The number of anilines is 2. The first-order chi connectivity index (χ1) is 17.8. The molecule has 10 nitrogen and oxygen atoms in total. The highest BCUT2D eigenvalue weighted by atomic mass is 16.3. The smallest absolute Gasteiger partial charge is 0.257 e. The summed E-state index contributed by atoms with van der Waals surface area (Å²) in [6.45, 7) is -0.197. The fourth-order valence-corrected chi connectivity index (χ4v) is 4.75. The molecular formula is C27H33N5O5. The maximum atomic E-state index is 12.9. The highest BCUT2D eigenvalue weighted by Crippen LogP contribution is 2.30. The molecule has 196 valence electrons. The van der Waals surface area contributed by atoms with E-state index in [0.717, 1.165) is 12.8 Å². The lowest BCUT2D eigenvalue weighted by molar-refractivity contribution is -0.119. The fourth-order valence-electron chi connectivity index (χ4n) is 4.75. The van der Waals surface area contributed by atoms with Crippen LogP contribution in [-0.2, 0) is 16.1 Å². The number of aliphatic hydroxyl groups excluding tert-OH is 2. The van der Waals surface area contributed by atoms with Gasteiger partial charge in [0, 0.05) is 37.7 Å². The van der Waals surface area contributed by atoms with Gasteiger partial charge in [0.25, 0.3) is 5.91 Å². The van der Waals surface area contributed by atoms with Crippen molar-refractivity contribution in [2.45, 2.75) is 51.2 Å². The van der Waals surface area contributed by atoms with Gasteiger partial charge in [0.1, 0.15) is 6.10 Å². The molecule has 1 aromatic heterocycles. The van der Waals surface area contributed by atoms with Crippen LogP contribution in [0.25, 0.3) is 11.0 Å². The normalized spacial score (nSPS) is 14.6. The third kappa shape index (κ3) is 6.15. The number of hydrogen-bond acceptors (Lipinski definition) is 6. The van der Waals surface area contributed by atoms with Crippen LogP contribution < -0.4 is 16.0 Å². The van der Waals surface area contributed by atoms with Gasteiger partial charge in [0.15, 0.2) is 0 Å². The van der Waals surface area contributed by atoms with E-state index in [1.54, 1.807) is 46.8 Å². The number of carbonyl (C=O) groups excluding carboxylic acids is 3. The number of fused-ring (bicyclic) bond motifs is 1. The van der Waals surface area contributed by atoms with Crippen molar-refractivity contribution in [2.75, 3.05) is 23.9 Å². The number of hydrogen-bond donors (Lipinski definition) is 4. The number of amides is 3. The summed E-state index contributed by atoms with van der Waals surface area (Å²) in [6.07, 6.45) is 4.11. The van der Waals surface area contributed by atoms with Crippen LogP contribution in [0.5, 0.6) is 0 Å². The minimum atomic E-state index is -1.02. The first kappa shape index (κ1) is 26.3. The predicted molar refractivity (Wildman–Crippen MR) is 140 cm³/mol. The molecule has 1 atom stereocenters. The zero-order chi connectivity index (χ0) is 26.5. The third-order valence-electron chi connectivity index (χ3n) is 6.97. The van der Waals surface area contributed by atoms with Crippen LogP contribution in [0.2, 0.25) is 0 Å². The topological polar surface area (TPSA) is 151 Å². The number of carbonyl (C=O) groups is 3. The second-order valence-electron chi connectivity index (χ2n) is 9.56. The third-order valence-corrected chi connectivity index (χ3v) is 6.97. The second-order valence-corrected chi connectivity index (χ2v) is 9.56. The molecule has 3 aromatic rings. The molecule has 1 saturated carbocycles. The van der Waals surface area contributed by atoms with Gasteiger partial charge in [-0.15, -0.1) is 0 Å². The van der Waals surface area contributed by atoms with Gasteiger partial charge in [0.05, 0.1) is 17.6 Å². The molecule has 0 bridgehead atoms. The second kappa shape index (κ2) is 11.5. The number of rotatable bonds is 10. The summed E-state index contributed by atoms with van der Waals surface area (Å²) in [6, 6.07) is 11.7. The van der Waals surface area contributed by atoms with E-state index in [4.69, 9.17) is 10.8 Å². The molecule has 5 N–H and O–H groups in total. The molecule has 1 unspecified atom stereocenters. The zero-order valence-electron chi connectivity index (χ0n) is 20.9. The van der Waals surface area contributed by atoms with E-state index in [1.807, 2.05) is 12.1 Å². The van der Waals surface area contributed by atoms with Crippen molar-refractivity contribution < 1.29 is 24.6 Å². The van der Waals surface area contributed by atoms with Gasteiger partial charge < -0.3 is 25.4 Å². The van der Waals surface area contributed by atoms with Crippen LogP contribution in [-0.4, -0.2) is 51.1 Å². The van der Waals surface area contributed by atoms with Crippen molar-refractivity contribution in [1.82, 2.24) is 9.55 Å². The molecule has 3 amide bonds. The Kier molecular flexibility index (Phi) is 8.20. The van der Waals surface area contributed by atoms with Crippen molar-refractivity contribution >= 4 is 40.4 Å². The van der Waals surface area contributed by atoms with Crippen LogP contribution in [0.3, 0.4) is 0 Å². The predicted octanol–water partition coefficient (Wildman–Crippen LogP) is 2.73. The zero-order valence-corrected chi connectivity index (χ0v) is 20.9. The van der Waals surface area contributed by atoms with E-state index in [9.17, 15) is 19.5 Å². The van der Waals surface area contributed by atoms with Gasteiger partial charge >= 0.3 is 0 Å². The molecule has 1 aliphatic rings. The number of nitrogens with zero attached hydrogens (tertiary/aromatic N) is 3. The summed E-state index contributed by atoms with van der Waals surface area (Å²) >= 11 is 0. The van der Waals surface area contributed by atoms with E-state index in [0.29, 0.717) is 40.2 Å². The number of aromatic nitrogens is 2. The number of aryl methyl sites for hydroxylation is 1. The summed E-state index contributed by atoms with van der Waals surface area (Å²) in [4.78, 5) is 43.5. The van der Waals surface area contributed by atoms with Crippen LogP contribution in [0.1, 0.15) is 60.6 Å². The lowest BCUT2D eigenvalue weighted by Crippen LogP contribution is -2.27. The van der Waals surface area contributed by atoms with Crippen molar-refractivity contribution in [2.24, 2.45) is 11.7 Å². The lowest BCUT2D eigenvalue weighted by atomic mass is 10.0. The average Bonchev–Trinajstić information content (AvgIpc) is 3.53. The highest BCUT2D eigenvalue weighted by molar-refractivity contribution is 6.04. The molecule has 0 aliphatic heterocycles. The van der Waals surface area contributed by atoms with Gasteiger partial charge in [-0.3, -0.25) is 19.7 Å². The Balaban J connectivity index is 1.58. The van der Waals surface area contributed by atoms with Crippen molar-refractivity contribution in [3.63, 3.8) is 0 Å². The molecule has 37 heavy (non-hydrogen) atoms. The first-order valence-corrected chi connectivity index (χ1v) is 12.5. The summed E-state index contributed by atoms with van der Waals surface area (Å²) in [7, 11) is 1.75. The van der Waals surface area contributed by atoms with E-state index < -0.39 is 24.5 Å². The molecule has 2 aromatic carbocycles. The molecule has 0 radical (unpaired) electrons. The standard InChI is InChI=1S/C27H33N5O5/c1-31(25(36)14-17-4-2-3-5-17)20-10-11-22-21(15-20)29-27(32(22)13-12-24(28)35)30-26(37)19-8-6-18(7-9-19)23(34)16-33/h6-11,15,17,23,33-34H,2-5,12-14,16H2,1H3,(H2,28,35)(H,29,30,37). The van der Waals surface area contributed by atoms with Gasteiger partial charge in [-0.1, -0.05) is 25.0 Å². The summed E-state index contributed by atoms with van der Waals surface area (Å²) in [5.74, 6) is -0.161. The van der Waals surface area contributed by atoms with Crippen LogP contribution >= 0.6 is 0 Å². The van der Waals surface area contributed by atoms with Crippen LogP contribution in [0.4, 0.5) is 11.6 Å². The van der Waals surface area contributed by atoms with Gasteiger partial charge in [-0.25, -0.2) is 4.98 Å². The van der Waals surface area contributed by atoms with Crippen molar-refractivity contribution in [3.05, 3.63) is 53.6 Å². The average molecular weight is 508 g/mol. The SMILES string of the molecule is CN(C(=O)CC1CCCC1)c1ccc2c(c1)nc(NC(=O)c1ccc(C(O)CO)cc1)n2CCC(N)=O. The molecule has 1 fully saturated rings. The largest absolute Gasteiger partial charge is 0.393 e. The Bertz CT molecular complexity index is 1280. The summed E-state index contributed by atoms with van der Waals surface area (Å²) in [5.41, 5.74) is 8.15. The number of aliphatic hydroxyl groups is 2. The molecule has 10 heteroatoms. The van der Waals surface area contributed by atoms with Crippen molar-refractivity contribution in [3.8, 4) is 0 Å². The Morgan fingerprint density at radius 1 is 1.16 bits per heavy atom. The Hall–Kier alpha value is -3.76. The van der Waals surface area contributed by atoms with Gasteiger partial charge in [0.2, 0.25) is 17.8 Å².